The molecule has 1 amide bonds. The van der Waals surface area contributed by atoms with Crippen LogP contribution in [0.2, 0.25) is 0 Å². The number of hydrogen-bond acceptors (Lipinski definition) is 2. The van der Waals surface area contributed by atoms with Gasteiger partial charge in [-0.3, -0.25) is 4.79 Å². The van der Waals surface area contributed by atoms with Crippen molar-refractivity contribution in [2.24, 2.45) is 5.10 Å². The summed E-state index contributed by atoms with van der Waals surface area (Å²) in [5.74, 6) is -0.218. The second kappa shape index (κ2) is 8.15. The predicted molar refractivity (Wildman–Crippen MR) is 118 cm³/mol. The number of benzene rings is 3. The molecule has 0 bridgehead atoms. The third-order valence-electron chi connectivity index (χ3n) is 4.94. The molecule has 0 atom stereocenters. The van der Waals surface area contributed by atoms with Crippen molar-refractivity contribution in [1.82, 2.24) is 9.99 Å². The monoisotopic (exact) mass is 381 g/mol. The smallest absolute Gasteiger partial charge is 0.271 e. The van der Waals surface area contributed by atoms with Gasteiger partial charge in [-0.15, -0.1) is 0 Å². The van der Waals surface area contributed by atoms with E-state index >= 15 is 0 Å². The summed E-state index contributed by atoms with van der Waals surface area (Å²) in [6, 6.07) is 24.2. The van der Waals surface area contributed by atoms with Crippen LogP contribution in [-0.2, 0) is 6.54 Å². The molecule has 0 aliphatic rings. The summed E-state index contributed by atoms with van der Waals surface area (Å²) in [6.45, 7) is 4.88. The molecule has 3 aromatic carbocycles. The van der Waals surface area contributed by atoms with Crippen molar-refractivity contribution in [3.63, 3.8) is 0 Å². The topological polar surface area (TPSA) is 46.4 Å². The highest BCUT2D eigenvalue weighted by molar-refractivity contribution is 6.00. The van der Waals surface area contributed by atoms with E-state index in [0.717, 1.165) is 28.6 Å². The summed E-state index contributed by atoms with van der Waals surface area (Å²) in [5.41, 5.74) is 8.94. The van der Waals surface area contributed by atoms with Crippen molar-refractivity contribution in [2.75, 3.05) is 0 Å². The molecule has 1 aromatic heterocycles. The second-order valence-electron chi connectivity index (χ2n) is 7.28. The minimum atomic E-state index is -0.218. The normalized spacial score (nSPS) is 11.2. The first-order valence-corrected chi connectivity index (χ1v) is 9.63. The molecule has 0 aliphatic carbocycles. The molecule has 0 fully saturated rings. The lowest BCUT2D eigenvalue weighted by Gasteiger charge is -2.06. The van der Waals surface area contributed by atoms with Crippen LogP contribution in [0, 0.1) is 13.8 Å². The van der Waals surface area contributed by atoms with Crippen molar-refractivity contribution in [3.05, 3.63) is 107 Å². The number of nitrogens with one attached hydrogen (secondary N) is 1. The van der Waals surface area contributed by atoms with Crippen LogP contribution < -0.4 is 5.43 Å². The molecular formula is C25H23N3O. The molecule has 0 aliphatic heterocycles. The quantitative estimate of drug-likeness (QED) is 0.381. The number of amides is 1. The van der Waals surface area contributed by atoms with Gasteiger partial charge in [0.2, 0.25) is 0 Å². The lowest BCUT2D eigenvalue weighted by atomic mass is 10.1. The number of hydrazone groups is 1. The van der Waals surface area contributed by atoms with Gasteiger partial charge in [-0.1, -0.05) is 65.7 Å². The minimum Gasteiger partial charge on any atom is -0.342 e. The molecule has 1 heterocycles. The van der Waals surface area contributed by atoms with Crippen LogP contribution in [0.25, 0.3) is 10.9 Å². The fraction of sp³-hybridized carbons (Fsp3) is 0.120. The maximum Gasteiger partial charge on any atom is 0.271 e. The molecule has 0 saturated carbocycles. The van der Waals surface area contributed by atoms with Gasteiger partial charge in [0.25, 0.3) is 5.91 Å². The van der Waals surface area contributed by atoms with Crippen LogP contribution in [0.15, 0.2) is 84.1 Å². The fourth-order valence-electron chi connectivity index (χ4n) is 3.45. The highest BCUT2D eigenvalue weighted by Gasteiger charge is 2.08. The Morgan fingerprint density at radius 3 is 2.55 bits per heavy atom. The lowest BCUT2D eigenvalue weighted by Crippen LogP contribution is -2.17. The number of fused-ring (bicyclic) bond motifs is 1. The van der Waals surface area contributed by atoms with E-state index in [-0.39, 0.29) is 5.91 Å². The van der Waals surface area contributed by atoms with E-state index in [0.29, 0.717) is 5.56 Å². The van der Waals surface area contributed by atoms with Gasteiger partial charge in [-0.05, 0) is 37.6 Å². The van der Waals surface area contributed by atoms with Gasteiger partial charge in [0, 0.05) is 34.8 Å². The summed E-state index contributed by atoms with van der Waals surface area (Å²) in [6.07, 6.45) is 3.79. The third-order valence-corrected chi connectivity index (χ3v) is 4.94. The van der Waals surface area contributed by atoms with Gasteiger partial charge in [0.1, 0.15) is 0 Å². The molecule has 4 heteroatoms. The van der Waals surface area contributed by atoms with Crippen molar-refractivity contribution in [1.29, 1.82) is 0 Å². The van der Waals surface area contributed by atoms with Crippen LogP contribution in [-0.4, -0.2) is 16.7 Å². The maximum atomic E-state index is 12.3. The number of aryl methyl sites for hydroxylation is 2. The summed E-state index contributed by atoms with van der Waals surface area (Å²) >= 11 is 0. The zero-order valence-corrected chi connectivity index (χ0v) is 16.6. The Morgan fingerprint density at radius 1 is 0.966 bits per heavy atom. The number of hydrogen-bond donors (Lipinski definition) is 1. The number of rotatable bonds is 5. The average molecular weight is 381 g/mol. The molecule has 0 unspecified atom stereocenters. The number of carbonyl (C=O) groups excluding carboxylic acids is 1. The molecule has 144 valence electrons. The first-order chi connectivity index (χ1) is 14.1. The largest absolute Gasteiger partial charge is 0.342 e. The zero-order chi connectivity index (χ0) is 20.2. The van der Waals surface area contributed by atoms with Crippen LogP contribution in [0.4, 0.5) is 0 Å². The molecule has 0 spiro atoms. The summed E-state index contributed by atoms with van der Waals surface area (Å²) in [5, 5.41) is 5.29. The first kappa shape index (κ1) is 18.7. The molecule has 0 radical (unpaired) electrons. The van der Waals surface area contributed by atoms with Crippen molar-refractivity contribution < 1.29 is 4.79 Å². The Morgan fingerprint density at radius 2 is 1.76 bits per heavy atom. The highest BCUT2D eigenvalue weighted by atomic mass is 16.2. The average Bonchev–Trinajstić information content (AvgIpc) is 3.06. The van der Waals surface area contributed by atoms with Crippen LogP contribution in [0.1, 0.15) is 32.6 Å². The molecule has 4 rings (SSSR count). The molecule has 29 heavy (non-hydrogen) atoms. The van der Waals surface area contributed by atoms with E-state index in [1.54, 1.807) is 18.3 Å². The van der Waals surface area contributed by atoms with Crippen molar-refractivity contribution >= 4 is 23.0 Å². The van der Waals surface area contributed by atoms with Crippen molar-refractivity contribution in [2.45, 2.75) is 20.4 Å². The molecule has 1 N–H and O–H groups in total. The maximum absolute atomic E-state index is 12.3. The van der Waals surface area contributed by atoms with Gasteiger partial charge >= 0.3 is 0 Å². The van der Waals surface area contributed by atoms with E-state index in [9.17, 15) is 4.79 Å². The van der Waals surface area contributed by atoms with E-state index in [4.69, 9.17) is 0 Å². The predicted octanol–water partition coefficient (Wildman–Crippen LogP) is 5.07. The zero-order valence-electron chi connectivity index (χ0n) is 16.6. The van der Waals surface area contributed by atoms with Crippen LogP contribution >= 0.6 is 0 Å². The Kier molecular flexibility index (Phi) is 5.25. The van der Waals surface area contributed by atoms with Crippen molar-refractivity contribution in [3.8, 4) is 0 Å². The van der Waals surface area contributed by atoms with Gasteiger partial charge in [0.15, 0.2) is 0 Å². The van der Waals surface area contributed by atoms with E-state index < -0.39 is 0 Å². The third kappa shape index (κ3) is 4.27. The summed E-state index contributed by atoms with van der Waals surface area (Å²) in [7, 11) is 0. The second-order valence-corrected chi connectivity index (χ2v) is 7.28. The number of aromatic nitrogens is 1. The Labute approximate surface area is 170 Å². The highest BCUT2D eigenvalue weighted by Crippen LogP contribution is 2.21. The number of para-hydroxylation sites is 1. The standard InChI is InChI=1S/C25H23N3O/c1-18-10-12-21(13-11-18)25(29)27-26-15-22-17-28(24-9-4-3-8-23(22)24)16-20-7-5-6-19(2)14-20/h3-15,17H,16H2,1-2H3,(H,27,29)/b26-15-. The van der Waals surface area contributed by atoms with Crippen LogP contribution in [0.5, 0.6) is 0 Å². The van der Waals surface area contributed by atoms with Crippen LogP contribution in [0.3, 0.4) is 0 Å². The van der Waals surface area contributed by atoms with Gasteiger partial charge in [-0.25, -0.2) is 5.43 Å². The van der Waals surface area contributed by atoms with Gasteiger partial charge in [-0.2, -0.15) is 5.10 Å². The van der Waals surface area contributed by atoms with Gasteiger partial charge < -0.3 is 4.57 Å². The number of carbonyl (C=O) groups is 1. The number of nitrogens with zero attached hydrogens (tertiary/aromatic N) is 2. The molecule has 4 aromatic rings. The Bertz CT molecular complexity index is 1190. The Hall–Kier alpha value is -3.66. The van der Waals surface area contributed by atoms with E-state index in [2.05, 4.69) is 64.6 Å². The minimum absolute atomic E-state index is 0.218. The first-order valence-electron chi connectivity index (χ1n) is 9.63. The molecular weight excluding hydrogens is 358 g/mol. The Balaban J connectivity index is 1.56. The van der Waals surface area contributed by atoms with E-state index in [1.807, 2.05) is 31.2 Å². The lowest BCUT2D eigenvalue weighted by molar-refractivity contribution is 0.0955. The molecule has 0 saturated heterocycles. The summed E-state index contributed by atoms with van der Waals surface area (Å²) in [4.78, 5) is 12.3. The fourth-order valence-corrected chi connectivity index (χ4v) is 3.45. The summed E-state index contributed by atoms with van der Waals surface area (Å²) < 4.78 is 2.22. The SMILES string of the molecule is Cc1ccc(C(=O)N/N=C\c2cn(Cc3cccc(C)c3)c3ccccc23)cc1. The van der Waals surface area contributed by atoms with Gasteiger partial charge in [0.05, 0.1) is 6.21 Å². The molecule has 4 nitrogen and oxygen atoms in total. The van der Waals surface area contributed by atoms with E-state index in [1.165, 1.54) is 11.1 Å².